The monoisotopic (exact) mass is 257 g/mol. The van der Waals surface area contributed by atoms with Crippen LogP contribution in [0.4, 0.5) is 0 Å². The predicted molar refractivity (Wildman–Crippen MR) is 76.6 cm³/mol. The van der Waals surface area contributed by atoms with E-state index in [0.717, 1.165) is 45.7 Å². The van der Waals surface area contributed by atoms with Crippen LogP contribution in [0.1, 0.15) is 33.6 Å². The average Bonchev–Trinajstić information content (AvgIpc) is 2.51. The largest absolute Gasteiger partial charge is 0.390 e. The van der Waals surface area contributed by atoms with Crippen LogP contribution in [0.5, 0.6) is 0 Å². The maximum absolute atomic E-state index is 9.77. The third-order valence-corrected chi connectivity index (χ3v) is 3.69. The number of hydrogen-bond acceptors (Lipinski definition) is 4. The lowest BCUT2D eigenvalue weighted by Gasteiger charge is -2.25. The van der Waals surface area contributed by atoms with Crippen molar-refractivity contribution in [3.8, 4) is 0 Å². The molecule has 0 aromatic rings. The number of nitrogens with two attached hydrogens (primary N) is 1. The van der Waals surface area contributed by atoms with Crippen LogP contribution in [0, 0.1) is 5.92 Å². The summed E-state index contributed by atoms with van der Waals surface area (Å²) in [5.74, 6) is 0.591. The van der Waals surface area contributed by atoms with Crippen LogP contribution in [0.2, 0.25) is 0 Å². The van der Waals surface area contributed by atoms with Gasteiger partial charge < -0.3 is 20.6 Å². The van der Waals surface area contributed by atoms with Gasteiger partial charge in [-0.15, -0.1) is 0 Å². The van der Waals surface area contributed by atoms with Crippen LogP contribution in [-0.4, -0.2) is 66.3 Å². The van der Waals surface area contributed by atoms with Crippen molar-refractivity contribution < 1.29 is 5.11 Å². The Morgan fingerprint density at radius 1 is 1.17 bits per heavy atom. The van der Waals surface area contributed by atoms with E-state index >= 15 is 0 Å². The van der Waals surface area contributed by atoms with Crippen LogP contribution in [0.3, 0.4) is 0 Å². The molecule has 0 aliphatic carbocycles. The number of aliphatic hydroxyl groups is 1. The Bertz CT molecular complexity index is 228. The molecule has 0 saturated carbocycles. The van der Waals surface area contributed by atoms with E-state index in [9.17, 15) is 5.11 Å². The minimum Gasteiger partial charge on any atom is -0.390 e. The Morgan fingerprint density at radius 2 is 1.78 bits per heavy atom. The SMILES string of the molecule is CC(CN)CN1CCCN(CCC(C)(C)O)CC1. The Balaban J connectivity index is 2.28. The zero-order valence-electron chi connectivity index (χ0n) is 12.4. The molecule has 1 aliphatic rings. The fourth-order valence-corrected chi connectivity index (χ4v) is 2.38. The molecule has 0 amide bonds. The molecule has 108 valence electrons. The van der Waals surface area contributed by atoms with Crippen LogP contribution >= 0.6 is 0 Å². The Labute approximate surface area is 112 Å². The third kappa shape index (κ3) is 6.69. The first-order chi connectivity index (χ1) is 8.40. The lowest BCUT2D eigenvalue weighted by atomic mass is 10.1. The van der Waals surface area contributed by atoms with E-state index in [4.69, 9.17) is 5.73 Å². The van der Waals surface area contributed by atoms with Gasteiger partial charge >= 0.3 is 0 Å². The first-order valence-corrected chi connectivity index (χ1v) is 7.28. The molecule has 0 aromatic carbocycles. The van der Waals surface area contributed by atoms with Gasteiger partial charge in [0.1, 0.15) is 0 Å². The van der Waals surface area contributed by atoms with E-state index in [2.05, 4.69) is 16.7 Å². The van der Waals surface area contributed by atoms with Gasteiger partial charge in [-0.25, -0.2) is 0 Å². The fraction of sp³-hybridized carbons (Fsp3) is 1.00. The van der Waals surface area contributed by atoms with Gasteiger partial charge in [-0.3, -0.25) is 0 Å². The topological polar surface area (TPSA) is 52.7 Å². The molecular weight excluding hydrogens is 226 g/mol. The highest BCUT2D eigenvalue weighted by atomic mass is 16.3. The summed E-state index contributed by atoms with van der Waals surface area (Å²) in [6, 6.07) is 0. The van der Waals surface area contributed by atoms with E-state index in [1.807, 2.05) is 13.8 Å². The van der Waals surface area contributed by atoms with Gasteiger partial charge in [-0.1, -0.05) is 6.92 Å². The smallest absolute Gasteiger partial charge is 0.0603 e. The average molecular weight is 257 g/mol. The summed E-state index contributed by atoms with van der Waals surface area (Å²) in [6.07, 6.45) is 2.08. The molecule has 4 nitrogen and oxygen atoms in total. The van der Waals surface area contributed by atoms with Gasteiger partial charge in [0.2, 0.25) is 0 Å². The standard InChI is InChI=1S/C14H31N3O/c1-13(11-15)12-17-7-4-6-16(9-10-17)8-5-14(2,3)18/h13,18H,4-12,15H2,1-3H3. The molecule has 0 spiro atoms. The molecule has 0 bridgehead atoms. The van der Waals surface area contributed by atoms with Gasteiger partial charge in [0, 0.05) is 26.2 Å². The molecule has 0 radical (unpaired) electrons. The van der Waals surface area contributed by atoms with E-state index < -0.39 is 5.60 Å². The summed E-state index contributed by atoms with van der Waals surface area (Å²) in [7, 11) is 0. The molecular formula is C14H31N3O. The summed E-state index contributed by atoms with van der Waals surface area (Å²) in [5.41, 5.74) is 5.14. The van der Waals surface area contributed by atoms with E-state index in [-0.39, 0.29) is 0 Å². The first-order valence-electron chi connectivity index (χ1n) is 7.28. The van der Waals surface area contributed by atoms with E-state index in [0.29, 0.717) is 5.92 Å². The van der Waals surface area contributed by atoms with Crippen molar-refractivity contribution in [1.29, 1.82) is 0 Å². The van der Waals surface area contributed by atoms with Crippen molar-refractivity contribution in [1.82, 2.24) is 9.80 Å². The van der Waals surface area contributed by atoms with Crippen molar-refractivity contribution in [3.63, 3.8) is 0 Å². The maximum Gasteiger partial charge on any atom is 0.0603 e. The second kappa shape index (κ2) is 7.43. The van der Waals surface area contributed by atoms with Crippen molar-refractivity contribution in [2.24, 2.45) is 11.7 Å². The molecule has 1 saturated heterocycles. The maximum atomic E-state index is 9.77. The highest BCUT2D eigenvalue weighted by molar-refractivity contribution is 4.74. The molecule has 1 atom stereocenters. The molecule has 1 fully saturated rings. The Kier molecular flexibility index (Phi) is 6.57. The summed E-state index contributed by atoms with van der Waals surface area (Å²) >= 11 is 0. The molecule has 1 unspecified atom stereocenters. The zero-order valence-corrected chi connectivity index (χ0v) is 12.4. The fourth-order valence-electron chi connectivity index (χ4n) is 2.38. The molecule has 1 rings (SSSR count). The van der Waals surface area contributed by atoms with Crippen LogP contribution in [-0.2, 0) is 0 Å². The Morgan fingerprint density at radius 3 is 2.39 bits per heavy atom. The summed E-state index contributed by atoms with van der Waals surface area (Å²) in [5, 5.41) is 9.77. The van der Waals surface area contributed by atoms with E-state index in [1.165, 1.54) is 13.0 Å². The highest BCUT2D eigenvalue weighted by Crippen LogP contribution is 2.11. The van der Waals surface area contributed by atoms with Gasteiger partial charge in [-0.2, -0.15) is 0 Å². The normalized spacial score (nSPS) is 21.8. The lowest BCUT2D eigenvalue weighted by Crippen LogP contribution is -2.36. The number of hydrogen-bond donors (Lipinski definition) is 2. The second-order valence-corrected chi connectivity index (χ2v) is 6.40. The summed E-state index contributed by atoms with van der Waals surface area (Å²) in [4.78, 5) is 5.01. The van der Waals surface area contributed by atoms with Crippen LogP contribution in [0.25, 0.3) is 0 Å². The van der Waals surface area contributed by atoms with Crippen molar-refractivity contribution in [2.75, 3.05) is 45.8 Å². The molecule has 1 heterocycles. The van der Waals surface area contributed by atoms with Gasteiger partial charge in [0.15, 0.2) is 0 Å². The lowest BCUT2D eigenvalue weighted by molar-refractivity contribution is 0.0580. The summed E-state index contributed by atoms with van der Waals surface area (Å²) in [6.45, 7) is 13.5. The molecule has 1 aliphatic heterocycles. The van der Waals surface area contributed by atoms with E-state index in [1.54, 1.807) is 0 Å². The minimum absolute atomic E-state index is 0.542. The summed E-state index contributed by atoms with van der Waals surface area (Å²) < 4.78 is 0. The second-order valence-electron chi connectivity index (χ2n) is 6.40. The number of rotatable bonds is 6. The third-order valence-electron chi connectivity index (χ3n) is 3.69. The quantitative estimate of drug-likeness (QED) is 0.737. The van der Waals surface area contributed by atoms with Crippen molar-refractivity contribution in [2.45, 2.75) is 39.2 Å². The van der Waals surface area contributed by atoms with Crippen molar-refractivity contribution >= 4 is 0 Å². The van der Waals surface area contributed by atoms with Crippen molar-refractivity contribution in [3.05, 3.63) is 0 Å². The van der Waals surface area contributed by atoms with Gasteiger partial charge in [0.25, 0.3) is 0 Å². The minimum atomic E-state index is -0.542. The van der Waals surface area contributed by atoms with Gasteiger partial charge in [0.05, 0.1) is 5.60 Å². The highest BCUT2D eigenvalue weighted by Gasteiger charge is 2.19. The van der Waals surface area contributed by atoms with Crippen LogP contribution in [0.15, 0.2) is 0 Å². The van der Waals surface area contributed by atoms with Gasteiger partial charge in [-0.05, 0) is 52.2 Å². The molecule has 0 aromatic heterocycles. The zero-order chi connectivity index (χ0) is 13.6. The Hall–Kier alpha value is -0.160. The molecule has 18 heavy (non-hydrogen) atoms. The predicted octanol–water partition coefficient (Wildman–Crippen LogP) is 0.750. The molecule has 3 N–H and O–H groups in total. The molecule has 4 heteroatoms. The number of nitrogens with zero attached hydrogens (tertiary/aromatic N) is 2. The van der Waals surface area contributed by atoms with Crippen LogP contribution < -0.4 is 5.73 Å². The first kappa shape index (κ1) is 15.9.